The van der Waals surface area contributed by atoms with Crippen LogP contribution in [0.1, 0.15) is 21.7 Å². The first-order valence-corrected chi connectivity index (χ1v) is 4.70. The summed E-state index contributed by atoms with van der Waals surface area (Å²) in [7, 11) is 0. The van der Waals surface area contributed by atoms with Crippen LogP contribution in [0.15, 0.2) is 24.3 Å². The fraction of sp³-hybridized carbons (Fsp3) is 0.200. The Morgan fingerprint density at radius 1 is 1.38 bits per heavy atom. The first-order valence-electron chi connectivity index (χ1n) is 4.70. The molecule has 0 amide bonds. The molecule has 0 atom stereocenters. The number of hydrogen-bond donors (Lipinski definition) is 0. The van der Waals surface area contributed by atoms with E-state index in [4.69, 9.17) is 0 Å². The van der Waals surface area contributed by atoms with E-state index in [0.29, 0.717) is 12.4 Å². The number of aryl methyl sites for hydroxylation is 1. The Labute approximate surface area is 91.5 Å². The molecule has 6 heteroatoms. The highest BCUT2D eigenvalue weighted by Crippen LogP contribution is 2.05. The van der Waals surface area contributed by atoms with Crippen molar-refractivity contribution in [1.82, 2.24) is 20.2 Å². The van der Waals surface area contributed by atoms with Crippen LogP contribution in [-0.4, -0.2) is 26.2 Å². The predicted octanol–water partition coefficient (Wildman–Crippen LogP) is -0.607. The van der Waals surface area contributed by atoms with Crippen LogP contribution in [0.2, 0.25) is 0 Å². The molecule has 1 aromatic heterocycles. The van der Waals surface area contributed by atoms with Gasteiger partial charge in [-0.25, -0.2) is 4.68 Å². The maximum atomic E-state index is 10.5. The van der Waals surface area contributed by atoms with Gasteiger partial charge in [-0.05, 0) is 28.5 Å². The SMILES string of the molecule is Cc1nnnn1Cc1ccc(C(=O)[O-])cc1. The van der Waals surface area contributed by atoms with E-state index in [1.807, 2.05) is 0 Å². The number of aromatic nitrogens is 4. The van der Waals surface area contributed by atoms with Gasteiger partial charge in [-0.2, -0.15) is 0 Å². The summed E-state index contributed by atoms with van der Waals surface area (Å²) in [6.45, 7) is 2.32. The lowest BCUT2D eigenvalue weighted by Crippen LogP contribution is -2.22. The van der Waals surface area contributed by atoms with Crippen LogP contribution in [0.3, 0.4) is 0 Å². The highest BCUT2D eigenvalue weighted by molar-refractivity contribution is 5.85. The summed E-state index contributed by atoms with van der Waals surface area (Å²) in [5.41, 5.74) is 1.09. The lowest BCUT2D eigenvalue weighted by Gasteiger charge is -2.05. The highest BCUT2D eigenvalue weighted by Gasteiger charge is 2.01. The largest absolute Gasteiger partial charge is 0.545 e. The second-order valence-electron chi connectivity index (χ2n) is 3.37. The molecule has 0 bridgehead atoms. The van der Waals surface area contributed by atoms with E-state index in [0.717, 1.165) is 5.56 Å². The molecule has 16 heavy (non-hydrogen) atoms. The van der Waals surface area contributed by atoms with Gasteiger partial charge in [0.2, 0.25) is 0 Å². The van der Waals surface area contributed by atoms with E-state index in [-0.39, 0.29) is 5.56 Å². The molecule has 0 aliphatic carbocycles. The van der Waals surface area contributed by atoms with Gasteiger partial charge in [0.1, 0.15) is 5.82 Å². The zero-order valence-electron chi connectivity index (χ0n) is 8.62. The van der Waals surface area contributed by atoms with Crippen LogP contribution in [0.5, 0.6) is 0 Å². The Hall–Kier alpha value is -2.24. The Morgan fingerprint density at radius 3 is 2.56 bits per heavy atom. The number of hydrogen-bond acceptors (Lipinski definition) is 5. The molecule has 0 fully saturated rings. The number of benzene rings is 1. The van der Waals surface area contributed by atoms with Crippen LogP contribution >= 0.6 is 0 Å². The van der Waals surface area contributed by atoms with Crippen LogP contribution in [0.4, 0.5) is 0 Å². The molecule has 6 nitrogen and oxygen atoms in total. The van der Waals surface area contributed by atoms with Crippen molar-refractivity contribution in [2.75, 3.05) is 0 Å². The van der Waals surface area contributed by atoms with Crippen molar-refractivity contribution < 1.29 is 9.90 Å². The average molecular weight is 217 g/mol. The standard InChI is InChI=1S/C10H10N4O2/c1-7-11-12-13-14(7)6-8-2-4-9(5-3-8)10(15)16/h2-5H,6H2,1H3,(H,15,16)/p-1. The van der Waals surface area contributed by atoms with Gasteiger partial charge in [0.25, 0.3) is 0 Å². The summed E-state index contributed by atoms with van der Waals surface area (Å²) in [6.07, 6.45) is 0. The molecular formula is C10H9N4O2-. The number of carbonyl (C=O) groups is 1. The molecule has 0 unspecified atom stereocenters. The molecular weight excluding hydrogens is 208 g/mol. The van der Waals surface area contributed by atoms with E-state index in [1.165, 1.54) is 12.1 Å². The minimum atomic E-state index is -1.18. The van der Waals surface area contributed by atoms with Gasteiger partial charge in [-0.15, -0.1) is 5.10 Å². The molecule has 0 aliphatic heterocycles. The summed E-state index contributed by atoms with van der Waals surface area (Å²) < 4.78 is 1.63. The molecule has 0 radical (unpaired) electrons. The fourth-order valence-corrected chi connectivity index (χ4v) is 1.31. The molecule has 0 spiro atoms. The number of tetrazole rings is 1. The van der Waals surface area contributed by atoms with Crippen molar-refractivity contribution in [2.45, 2.75) is 13.5 Å². The molecule has 0 N–H and O–H groups in total. The van der Waals surface area contributed by atoms with Gasteiger partial charge in [-0.3, -0.25) is 0 Å². The van der Waals surface area contributed by atoms with E-state index in [2.05, 4.69) is 15.5 Å². The molecule has 1 aromatic carbocycles. The molecule has 2 rings (SSSR count). The summed E-state index contributed by atoms with van der Waals surface area (Å²) in [5, 5.41) is 21.6. The van der Waals surface area contributed by atoms with Crippen LogP contribution in [0, 0.1) is 6.92 Å². The topological polar surface area (TPSA) is 83.7 Å². The highest BCUT2D eigenvalue weighted by atomic mass is 16.4. The van der Waals surface area contributed by atoms with Crippen molar-refractivity contribution in [3.63, 3.8) is 0 Å². The maximum Gasteiger partial charge on any atom is 0.148 e. The quantitative estimate of drug-likeness (QED) is 0.685. The molecule has 1 heterocycles. The normalized spacial score (nSPS) is 10.3. The molecule has 0 saturated heterocycles. The predicted molar refractivity (Wildman–Crippen MR) is 52.4 cm³/mol. The summed E-state index contributed by atoms with van der Waals surface area (Å²) in [5.74, 6) is -0.464. The van der Waals surface area contributed by atoms with Gasteiger partial charge in [0, 0.05) is 0 Å². The molecule has 82 valence electrons. The number of nitrogens with zero attached hydrogens (tertiary/aromatic N) is 4. The third-order valence-electron chi connectivity index (χ3n) is 2.23. The third kappa shape index (κ3) is 2.05. The Morgan fingerprint density at radius 2 is 2.06 bits per heavy atom. The summed E-state index contributed by atoms with van der Waals surface area (Å²) in [4.78, 5) is 10.5. The van der Waals surface area contributed by atoms with Crippen LogP contribution in [0.25, 0.3) is 0 Å². The first kappa shape index (κ1) is 10.3. The molecule has 0 saturated carbocycles. The summed E-state index contributed by atoms with van der Waals surface area (Å²) >= 11 is 0. The van der Waals surface area contributed by atoms with Crippen LogP contribution < -0.4 is 5.11 Å². The number of aromatic carboxylic acids is 1. The second-order valence-corrected chi connectivity index (χ2v) is 3.37. The summed E-state index contributed by atoms with van der Waals surface area (Å²) in [6, 6.07) is 6.44. The number of carboxylic acids is 1. The Bertz CT molecular complexity index is 504. The number of carboxylic acid groups (broad SMARTS) is 1. The van der Waals surface area contributed by atoms with E-state index >= 15 is 0 Å². The smallest absolute Gasteiger partial charge is 0.148 e. The van der Waals surface area contributed by atoms with E-state index < -0.39 is 5.97 Å². The third-order valence-corrected chi connectivity index (χ3v) is 2.23. The minimum absolute atomic E-state index is 0.164. The van der Waals surface area contributed by atoms with E-state index in [1.54, 1.807) is 23.7 Å². The van der Waals surface area contributed by atoms with Crippen LogP contribution in [-0.2, 0) is 6.54 Å². The Balaban J connectivity index is 2.17. The van der Waals surface area contributed by atoms with Gasteiger partial charge < -0.3 is 9.90 Å². The second kappa shape index (κ2) is 4.09. The minimum Gasteiger partial charge on any atom is -0.545 e. The van der Waals surface area contributed by atoms with E-state index in [9.17, 15) is 9.90 Å². The van der Waals surface area contributed by atoms with Crippen molar-refractivity contribution in [3.8, 4) is 0 Å². The zero-order chi connectivity index (χ0) is 11.5. The lowest BCUT2D eigenvalue weighted by molar-refractivity contribution is -0.255. The van der Waals surface area contributed by atoms with Gasteiger partial charge in [0.05, 0.1) is 12.5 Å². The lowest BCUT2D eigenvalue weighted by atomic mass is 10.1. The van der Waals surface area contributed by atoms with Gasteiger partial charge in [-0.1, -0.05) is 24.3 Å². The van der Waals surface area contributed by atoms with Gasteiger partial charge in [0.15, 0.2) is 0 Å². The van der Waals surface area contributed by atoms with Gasteiger partial charge >= 0.3 is 0 Å². The number of carbonyl (C=O) groups excluding carboxylic acids is 1. The van der Waals surface area contributed by atoms with Crippen molar-refractivity contribution >= 4 is 5.97 Å². The zero-order valence-corrected chi connectivity index (χ0v) is 8.62. The maximum absolute atomic E-state index is 10.5. The average Bonchev–Trinajstić information content (AvgIpc) is 2.65. The number of rotatable bonds is 3. The molecule has 0 aliphatic rings. The van der Waals surface area contributed by atoms with Crippen molar-refractivity contribution in [2.24, 2.45) is 0 Å². The Kier molecular flexibility index (Phi) is 2.63. The van der Waals surface area contributed by atoms with Crippen molar-refractivity contribution in [1.29, 1.82) is 0 Å². The first-order chi connectivity index (χ1) is 7.66. The fourth-order valence-electron chi connectivity index (χ4n) is 1.31. The molecule has 2 aromatic rings. The monoisotopic (exact) mass is 217 g/mol. The van der Waals surface area contributed by atoms with Crippen molar-refractivity contribution in [3.05, 3.63) is 41.2 Å².